The first-order chi connectivity index (χ1) is 21.2. The minimum absolute atomic E-state index is 0.136. The van der Waals surface area contributed by atoms with E-state index < -0.39 is 29.8 Å². The lowest BCUT2D eigenvalue weighted by Crippen LogP contribution is -2.35. The number of hydrogen-bond donors (Lipinski definition) is 3. The standard InChI is InChI=1S/C34H28FN3O6/c1-19-15-27(43-18-29(39)40)25(32(41)38-34(12-13-34)28-5-3-4-14-37-28)17-23(19)21-8-11-26-24(16-21)30(33(42)36-2)31(44-26)20-6-9-22(35)10-7-20/h3-11,14-17H,12-13,18H2,1-2H3,(H,36,42)(H,38,41)(H,39,40). The van der Waals surface area contributed by atoms with E-state index in [-0.39, 0.29) is 17.2 Å². The summed E-state index contributed by atoms with van der Waals surface area (Å²) in [5.41, 5.74) is 3.68. The molecule has 222 valence electrons. The molecule has 9 nitrogen and oxygen atoms in total. The molecule has 0 aliphatic heterocycles. The maximum Gasteiger partial charge on any atom is 0.341 e. The molecule has 10 heteroatoms. The Morgan fingerprint density at radius 3 is 2.41 bits per heavy atom. The van der Waals surface area contributed by atoms with Gasteiger partial charge in [0.2, 0.25) is 0 Å². The maximum absolute atomic E-state index is 13.8. The average Bonchev–Trinajstić information content (AvgIpc) is 3.71. The first-order valence-corrected chi connectivity index (χ1v) is 14.0. The molecule has 1 saturated carbocycles. The molecule has 1 aliphatic carbocycles. The predicted molar refractivity (Wildman–Crippen MR) is 161 cm³/mol. The summed E-state index contributed by atoms with van der Waals surface area (Å²) < 4.78 is 25.3. The summed E-state index contributed by atoms with van der Waals surface area (Å²) in [5, 5.41) is 15.5. The van der Waals surface area contributed by atoms with E-state index in [1.54, 1.807) is 48.7 Å². The number of amides is 2. The van der Waals surface area contributed by atoms with Crippen LogP contribution in [0.25, 0.3) is 33.4 Å². The third-order valence-electron chi connectivity index (χ3n) is 7.74. The first kappa shape index (κ1) is 28.6. The van der Waals surface area contributed by atoms with Gasteiger partial charge in [0.05, 0.1) is 22.4 Å². The second-order valence-electron chi connectivity index (χ2n) is 10.7. The molecule has 3 N–H and O–H groups in total. The average molecular weight is 594 g/mol. The highest BCUT2D eigenvalue weighted by molar-refractivity contribution is 6.12. The number of benzene rings is 3. The number of nitrogens with one attached hydrogen (secondary N) is 2. The van der Waals surface area contributed by atoms with Crippen LogP contribution in [-0.2, 0) is 10.3 Å². The summed E-state index contributed by atoms with van der Waals surface area (Å²) in [4.78, 5) is 42.6. The fourth-order valence-corrected chi connectivity index (χ4v) is 5.35. The Morgan fingerprint density at radius 2 is 1.75 bits per heavy atom. The molecular weight excluding hydrogens is 565 g/mol. The van der Waals surface area contributed by atoms with Crippen LogP contribution >= 0.6 is 0 Å². The van der Waals surface area contributed by atoms with Crippen LogP contribution in [-0.4, -0.2) is 41.5 Å². The van der Waals surface area contributed by atoms with Gasteiger partial charge in [0.15, 0.2) is 6.61 Å². The monoisotopic (exact) mass is 593 g/mol. The summed E-state index contributed by atoms with van der Waals surface area (Å²) in [7, 11) is 1.52. The highest BCUT2D eigenvalue weighted by Gasteiger charge is 2.47. The van der Waals surface area contributed by atoms with E-state index in [1.165, 1.54) is 19.2 Å². The molecule has 6 rings (SSSR count). The van der Waals surface area contributed by atoms with Crippen molar-refractivity contribution in [3.63, 3.8) is 0 Å². The fourth-order valence-electron chi connectivity index (χ4n) is 5.35. The molecule has 5 aromatic rings. The molecule has 1 aliphatic rings. The summed E-state index contributed by atoms with van der Waals surface area (Å²) in [5.74, 6) is -1.95. The van der Waals surface area contributed by atoms with Gasteiger partial charge in [-0.05, 0) is 97.1 Å². The van der Waals surface area contributed by atoms with Crippen LogP contribution in [0.2, 0.25) is 0 Å². The van der Waals surface area contributed by atoms with Crippen molar-refractivity contribution in [2.75, 3.05) is 13.7 Å². The topological polar surface area (TPSA) is 131 Å². The number of pyridine rings is 1. The Morgan fingerprint density at radius 1 is 1.00 bits per heavy atom. The summed E-state index contributed by atoms with van der Waals surface area (Å²) in [6.07, 6.45) is 3.11. The zero-order valence-corrected chi connectivity index (χ0v) is 23.9. The van der Waals surface area contributed by atoms with Crippen LogP contribution in [0.1, 0.15) is 44.8 Å². The number of carbonyl (C=O) groups is 3. The molecule has 1 fully saturated rings. The number of carboxylic acids is 1. The Kier molecular flexibility index (Phi) is 7.34. The number of nitrogens with zero attached hydrogens (tertiary/aromatic N) is 1. The van der Waals surface area contributed by atoms with E-state index in [1.807, 2.05) is 25.1 Å². The van der Waals surface area contributed by atoms with E-state index in [4.69, 9.17) is 9.15 Å². The summed E-state index contributed by atoms with van der Waals surface area (Å²) >= 11 is 0. The van der Waals surface area contributed by atoms with Gasteiger partial charge < -0.3 is 24.9 Å². The third-order valence-corrected chi connectivity index (χ3v) is 7.74. The molecule has 0 saturated heterocycles. The van der Waals surface area contributed by atoms with Crippen molar-refractivity contribution in [2.45, 2.75) is 25.3 Å². The number of hydrogen-bond acceptors (Lipinski definition) is 6. The first-order valence-electron chi connectivity index (χ1n) is 14.0. The van der Waals surface area contributed by atoms with E-state index in [0.29, 0.717) is 39.0 Å². The lowest BCUT2D eigenvalue weighted by molar-refractivity contribution is -0.139. The van der Waals surface area contributed by atoms with Crippen molar-refractivity contribution in [1.29, 1.82) is 0 Å². The lowest BCUT2D eigenvalue weighted by Gasteiger charge is -2.20. The van der Waals surface area contributed by atoms with Gasteiger partial charge in [0.25, 0.3) is 11.8 Å². The lowest BCUT2D eigenvalue weighted by atomic mass is 9.94. The molecule has 2 heterocycles. The van der Waals surface area contributed by atoms with Crippen LogP contribution in [0.3, 0.4) is 0 Å². The predicted octanol–water partition coefficient (Wildman–Crippen LogP) is 5.85. The van der Waals surface area contributed by atoms with Crippen molar-refractivity contribution in [3.8, 4) is 28.2 Å². The van der Waals surface area contributed by atoms with Gasteiger partial charge >= 0.3 is 5.97 Å². The Hall–Kier alpha value is -5.51. The van der Waals surface area contributed by atoms with Crippen molar-refractivity contribution in [3.05, 3.63) is 107 Å². The normalized spacial score (nSPS) is 13.3. The van der Waals surface area contributed by atoms with E-state index in [2.05, 4.69) is 15.6 Å². The number of aliphatic carboxylic acids is 1. The number of ether oxygens (including phenoxy) is 1. The number of aryl methyl sites for hydroxylation is 1. The molecular formula is C34H28FN3O6. The number of carbonyl (C=O) groups excluding carboxylic acids is 2. The van der Waals surface area contributed by atoms with Crippen LogP contribution in [0.15, 0.2) is 83.4 Å². The Labute approximate surface area is 251 Å². The van der Waals surface area contributed by atoms with Crippen LogP contribution in [0.5, 0.6) is 5.75 Å². The van der Waals surface area contributed by atoms with Gasteiger partial charge in [-0.25, -0.2) is 9.18 Å². The number of rotatable bonds is 9. The molecule has 0 atom stereocenters. The number of aromatic nitrogens is 1. The second kappa shape index (κ2) is 11.3. The highest BCUT2D eigenvalue weighted by atomic mass is 19.1. The molecule has 0 radical (unpaired) electrons. The van der Waals surface area contributed by atoms with Gasteiger partial charge in [0.1, 0.15) is 22.9 Å². The number of carboxylic acid groups (broad SMARTS) is 1. The quantitative estimate of drug-likeness (QED) is 0.195. The smallest absolute Gasteiger partial charge is 0.341 e. The number of furan rings is 1. The third kappa shape index (κ3) is 5.37. The zero-order chi connectivity index (χ0) is 31.0. The van der Waals surface area contributed by atoms with E-state index in [0.717, 1.165) is 24.1 Å². The Bertz CT molecular complexity index is 1910. The minimum atomic E-state index is -1.17. The molecule has 2 aromatic heterocycles. The van der Waals surface area contributed by atoms with Crippen LogP contribution < -0.4 is 15.4 Å². The molecule has 0 unspecified atom stereocenters. The zero-order valence-electron chi connectivity index (χ0n) is 23.9. The highest BCUT2D eigenvalue weighted by Crippen LogP contribution is 2.45. The van der Waals surface area contributed by atoms with Gasteiger partial charge in [-0.2, -0.15) is 0 Å². The summed E-state index contributed by atoms with van der Waals surface area (Å²) in [6, 6.07) is 19.9. The van der Waals surface area contributed by atoms with Crippen molar-refractivity contribution < 1.29 is 33.0 Å². The molecule has 0 bridgehead atoms. The van der Waals surface area contributed by atoms with E-state index >= 15 is 0 Å². The largest absolute Gasteiger partial charge is 0.481 e. The molecule has 0 spiro atoms. The summed E-state index contributed by atoms with van der Waals surface area (Å²) in [6.45, 7) is 1.21. The molecule has 2 amide bonds. The maximum atomic E-state index is 13.8. The van der Waals surface area contributed by atoms with Crippen LogP contribution in [0.4, 0.5) is 4.39 Å². The Balaban J connectivity index is 1.44. The van der Waals surface area contributed by atoms with Gasteiger partial charge in [-0.1, -0.05) is 12.1 Å². The number of halogens is 1. The SMILES string of the molecule is CNC(=O)c1c(-c2ccc(F)cc2)oc2ccc(-c3cc(C(=O)NC4(c5ccccn5)CC4)c(OCC(=O)O)cc3C)cc12. The van der Waals surface area contributed by atoms with E-state index in [9.17, 15) is 23.9 Å². The van der Waals surface area contributed by atoms with Crippen molar-refractivity contribution >= 4 is 28.8 Å². The van der Waals surface area contributed by atoms with Crippen LogP contribution in [0, 0.1) is 12.7 Å². The van der Waals surface area contributed by atoms with Gasteiger partial charge in [-0.15, -0.1) is 0 Å². The van der Waals surface area contributed by atoms with Crippen molar-refractivity contribution in [1.82, 2.24) is 15.6 Å². The molecule has 44 heavy (non-hydrogen) atoms. The van der Waals surface area contributed by atoms with Gasteiger partial charge in [-0.3, -0.25) is 14.6 Å². The molecule has 3 aromatic carbocycles. The second-order valence-corrected chi connectivity index (χ2v) is 10.7. The fraction of sp³-hybridized carbons (Fsp3) is 0.176. The minimum Gasteiger partial charge on any atom is -0.481 e. The number of fused-ring (bicyclic) bond motifs is 1. The van der Waals surface area contributed by atoms with Crippen molar-refractivity contribution in [2.24, 2.45) is 0 Å². The van der Waals surface area contributed by atoms with Gasteiger partial charge in [0, 0.05) is 24.2 Å².